The number of carbonyl (C=O) groups excluding carboxylic acids is 2. The lowest BCUT2D eigenvalue weighted by Gasteiger charge is -2.22. The van der Waals surface area contributed by atoms with Crippen molar-refractivity contribution in [2.45, 2.75) is 302 Å². The molecule has 0 radical (unpaired) electrons. The van der Waals surface area contributed by atoms with Crippen LogP contribution in [-0.4, -0.2) is 47.4 Å². The molecule has 0 heterocycles. The molecule has 0 aliphatic carbocycles. The van der Waals surface area contributed by atoms with Crippen molar-refractivity contribution in [2.24, 2.45) is 0 Å². The van der Waals surface area contributed by atoms with Gasteiger partial charge in [0.05, 0.1) is 25.4 Å². The summed E-state index contributed by atoms with van der Waals surface area (Å²) in [5, 5.41) is 23.2. The minimum atomic E-state index is -0.682. The Bertz CT molecular complexity index is 951. The summed E-state index contributed by atoms with van der Waals surface area (Å²) in [7, 11) is 0. The molecule has 360 valence electrons. The minimum Gasteiger partial charge on any atom is -0.466 e. The summed E-state index contributed by atoms with van der Waals surface area (Å²) >= 11 is 0. The maximum Gasteiger partial charge on any atom is 0.305 e. The maximum atomic E-state index is 12.5. The van der Waals surface area contributed by atoms with Gasteiger partial charge in [-0.2, -0.15) is 0 Å². The number of hydrogen-bond donors (Lipinski definition) is 3. The Morgan fingerprint density at radius 2 is 0.820 bits per heavy atom. The van der Waals surface area contributed by atoms with Crippen LogP contribution in [0.5, 0.6) is 0 Å². The van der Waals surface area contributed by atoms with E-state index in [2.05, 4.69) is 43.5 Å². The lowest BCUT2D eigenvalue weighted by molar-refractivity contribution is -0.143. The fourth-order valence-corrected chi connectivity index (χ4v) is 8.32. The van der Waals surface area contributed by atoms with E-state index in [1.54, 1.807) is 0 Å². The first-order valence-electron chi connectivity index (χ1n) is 27.1. The number of nitrogens with one attached hydrogen (secondary N) is 1. The van der Waals surface area contributed by atoms with Gasteiger partial charge in [0.15, 0.2) is 0 Å². The largest absolute Gasteiger partial charge is 0.466 e. The number of amides is 1. The number of allylic oxidation sites excluding steroid dienone is 4. The number of ether oxygens (including phenoxy) is 1. The van der Waals surface area contributed by atoms with E-state index in [0.29, 0.717) is 25.9 Å². The van der Waals surface area contributed by atoms with Crippen LogP contribution in [0.3, 0.4) is 0 Å². The van der Waals surface area contributed by atoms with Crippen molar-refractivity contribution >= 4 is 11.9 Å². The van der Waals surface area contributed by atoms with Gasteiger partial charge in [-0.05, 0) is 57.8 Å². The van der Waals surface area contributed by atoms with Crippen LogP contribution >= 0.6 is 0 Å². The quantitative estimate of drug-likeness (QED) is 0.0322. The highest BCUT2D eigenvalue weighted by molar-refractivity contribution is 5.76. The van der Waals surface area contributed by atoms with Crippen LogP contribution in [0.2, 0.25) is 0 Å². The molecule has 0 saturated carbocycles. The molecule has 1 amide bonds. The van der Waals surface area contributed by atoms with Crippen molar-refractivity contribution in [3.63, 3.8) is 0 Å². The molecule has 0 rings (SSSR count). The maximum absolute atomic E-state index is 12.5. The van der Waals surface area contributed by atoms with Gasteiger partial charge in [0, 0.05) is 12.8 Å². The number of aliphatic hydroxyl groups is 2. The molecular formula is C55H105NO5. The molecule has 0 fully saturated rings. The van der Waals surface area contributed by atoms with E-state index in [1.807, 2.05) is 0 Å². The van der Waals surface area contributed by atoms with E-state index in [1.165, 1.54) is 193 Å². The predicted octanol–water partition coefficient (Wildman–Crippen LogP) is 16.3. The average Bonchev–Trinajstić information content (AvgIpc) is 3.26. The van der Waals surface area contributed by atoms with Crippen LogP contribution in [0, 0.1) is 0 Å². The lowest BCUT2D eigenvalue weighted by Crippen LogP contribution is -2.45. The third-order valence-corrected chi connectivity index (χ3v) is 12.5. The Kier molecular flexibility index (Phi) is 49.6. The molecule has 6 nitrogen and oxygen atoms in total. The number of carbonyl (C=O) groups is 2. The first-order chi connectivity index (χ1) is 30.0. The van der Waals surface area contributed by atoms with Gasteiger partial charge in [0.25, 0.3) is 0 Å². The number of aliphatic hydroxyl groups excluding tert-OH is 2. The van der Waals surface area contributed by atoms with Crippen molar-refractivity contribution in [3.05, 3.63) is 24.3 Å². The van der Waals surface area contributed by atoms with E-state index >= 15 is 0 Å². The molecule has 0 spiro atoms. The zero-order valence-electron chi connectivity index (χ0n) is 40.9. The second-order valence-electron chi connectivity index (χ2n) is 18.6. The van der Waals surface area contributed by atoms with Crippen molar-refractivity contribution in [3.8, 4) is 0 Å². The minimum absolute atomic E-state index is 0.0284. The van der Waals surface area contributed by atoms with Crippen LogP contribution in [0.25, 0.3) is 0 Å². The van der Waals surface area contributed by atoms with Crippen molar-refractivity contribution in [2.75, 3.05) is 13.2 Å². The van der Waals surface area contributed by atoms with Gasteiger partial charge in [0.1, 0.15) is 0 Å². The SMILES string of the molecule is CCCCC/C=C\C/C=C\CCCCCCCCCCCC(=O)OCCCCCCCCCCCC(=O)NC(CO)C(O)CCCCCCCCCCCCCCCCCC. The highest BCUT2D eigenvalue weighted by Crippen LogP contribution is 2.17. The van der Waals surface area contributed by atoms with E-state index < -0.39 is 12.1 Å². The van der Waals surface area contributed by atoms with Crippen LogP contribution in [0.1, 0.15) is 290 Å². The smallest absolute Gasteiger partial charge is 0.305 e. The predicted molar refractivity (Wildman–Crippen MR) is 264 cm³/mol. The van der Waals surface area contributed by atoms with E-state index in [-0.39, 0.29) is 18.5 Å². The molecule has 0 aliphatic rings. The van der Waals surface area contributed by atoms with Crippen LogP contribution in [-0.2, 0) is 14.3 Å². The van der Waals surface area contributed by atoms with Gasteiger partial charge < -0.3 is 20.3 Å². The monoisotopic (exact) mass is 860 g/mol. The Morgan fingerprint density at radius 1 is 0.459 bits per heavy atom. The second-order valence-corrected chi connectivity index (χ2v) is 18.6. The lowest BCUT2D eigenvalue weighted by atomic mass is 10.0. The van der Waals surface area contributed by atoms with Gasteiger partial charge in [-0.1, -0.05) is 244 Å². The molecule has 0 bridgehead atoms. The normalized spacial score (nSPS) is 12.8. The molecule has 0 saturated heterocycles. The zero-order valence-corrected chi connectivity index (χ0v) is 40.9. The topological polar surface area (TPSA) is 95.9 Å². The first-order valence-corrected chi connectivity index (χ1v) is 27.1. The van der Waals surface area contributed by atoms with Crippen molar-refractivity contribution in [1.82, 2.24) is 5.32 Å². The van der Waals surface area contributed by atoms with Gasteiger partial charge >= 0.3 is 5.97 Å². The van der Waals surface area contributed by atoms with E-state index in [0.717, 1.165) is 64.2 Å². The van der Waals surface area contributed by atoms with Gasteiger partial charge in [-0.3, -0.25) is 9.59 Å². The summed E-state index contributed by atoms with van der Waals surface area (Å²) in [5.74, 6) is -0.0899. The summed E-state index contributed by atoms with van der Waals surface area (Å²) in [6, 6.07) is -0.562. The fraction of sp³-hybridized carbons (Fsp3) is 0.891. The molecule has 0 aliphatic heterocycles. The Labute approximate surface area is 380 Å². The molecule has 3 N–H and O–H groups in total. The number of rotatable bonds is 50. The molecule has 6 heteroatoms. The molecule has 0 aromatic rings. The molecule has 0 aromatic carbocycles. The average molecular weight is 860 g/mol. The Hall–Kier alpha value is -1.66. The third kappa shape index (κ3) is 47.7. The molecule has 2 unspecified atom stereocenters. The molecule has 2 atom stereocenters. The number of unbranched alkanes of at least 4 members (excludes halogenated alkanes) is 35. The number of esters is 1. The summed E-state index contributed by atoms with van der Waals surface area (Å²) in [5.41, 5.74) is 0. The highest BCUT2D eigenvalue weighted by Gasteiger charge is 2.20. The molecule has 0 aromatic heterocycles. The third-order valence-electron chi connectivity index (χ3n) is 12.5. The van der Waals surface area contributed by atoms with Crippen LogP contribution in [0.15, 0.2) is 24.3 Å². The van der Waals surface area contributed by atoms with E-state index in [4.69, 9.17) is 4.74 Å². The van der Waals surface area contributed by atoms with Crippen LogP contribution in [0.4, 0.5) is 0 Å². The standard InChI is InChI=1S/C55H105NO5/c1-3-5-7-9-11-13-15-17-19-21-22-23-25-27-29-33-37-41-45-49-55(60)61-50-46-42-38-34-30-32-36-40-44-48-54(59)56-52(51-57)53(58)47-43-39-35-31-28-26-24-20-18-16-14-12-10-8-6-4-2/h11,13,17,19,52-53,57-58H,3-10,12,14-16,18,20-51H2,1-2H3,(H,56,59)/b13-11-,19-17-. The highest BCUT2D eigenvalue weighted by atomic mass is 16.5. The summed E-state index contributed by atoms with van der Waals surface area (Å²) in [6.07, 6.45) is 60.0. The summed E-state index contributed by atoms with van der Waals surface area (Å²) in [4.78, 5) is 24.5. The number of hydrogen-bond acceptors (Lipinski definition) is 5. The summed E-state index contributed by atoms with van der Waals surface area (Å²) < 4.78 is 5.46. The zero-order chi connectivity index (χ0) is 44.4. The Balaban J connectivity index is 3.47. The first kappa shape index (κ1) is 59.3. The van der Waals surface area contributed by atoms with Crippen molar-refractivity contribution < 1.29 is 24.5 Å². The van der Waals surface area contributed by atoms with Crippen molar-refractivity contribution in [1.29, 1.82) is 0 Å². The molecular weight excluding hydrogens is 755 g/mol. The van der Waals surface area contributed by atoms with E-state index in [9.17, 15) is 19.8 Å². The van der Waals surface area contributed by atoms with Gasteiger partial charge in [0.2, 0.25) is 5.91 Å². The molecule has 61 heavy (non-hydrogen) atoms. The summed E-state index contributed by atoms with van der Waals surface area (Å²) in [6.45, 7) is 4.87. The Morgan fingerprint density at radius 3 is 1.28 bits per heavy atom. The second kappa shape index (κ2) is 51.0. The fourth-order valence-electron chi connectivity index (χ4n) is 8.32. The van der Waals surface area contributed by atoms with Gasteiger partial charge in [-0.15, -0.1) is 0 Å². The van der Waals surface area contributed by atoms with Crippen LogP contribution < -0.4 is 5.32 Å². The van der Waals surface area contributed by atoms with Gasteiger partial charge in [-0.25, -0.2) is 0 Å².